The molecule has 4 nitrogen and oxygen atoms in total. The summed E-state index contributed by atoms with van der Waals surface area (Å²) in [5, 5.41) is 4.10. The normalized spacial score (nSPS) is 24.9. The van der Waals surface area contributed by atoms with Gasteiger partial charge in [0, 0.05) is 0 Å². The summed E-state index contributed by atoms with van der Waals surface area (Å²) in [4.78, 5) is 13.5. The lowest BCUT2D eigenvalue weighted by atomic mass is 9.83. The topological polar surface area (TPSA) is 52.1 Å². The number of rotatable bonds is 3. The van der Waals surface area contributed by atoms with Crippen molar-refractivity contribution < 1.29 is 9.53 Å². The van der Waals surface area contributed by atoms with Crippen LogP contribution in [0.15, 0.2) is 0 Å². The molecule has 0 radical (unpaired) electrons. The van der Waals surface area contributed by atoms with Gasteiger partial charge in [0.05, 0.1) is 22.8 Å². The van der Waals surface area contributed by atoms with E-state index in [2.05, 4.69) is 9.59 Å². The first-order chi connectivity index (χ1) is 8.64. The maximum absolute atomic E-state index is 12.8. The number of ketones is 1. The van der Waals surface area contributed by atoms with E-state index in [0.717, 1.165) is 12.1 Å². The van der Waals surface area contributed by atoms with Crippen LogP contribution in [0.25, 0.3) is 0 Å². The Bertz CT molecular complexity index is 491. The number of hydrogen-bond acceptors (Lipinski definition) is 5. The largest absolute Gasteiger partial charge is 0.369 e. The van der Waals surface area contributed by atoms with Crippen molar-refractivity contribution in [2.24, 2.45) is 5.92 Å². The quantitative estimate of drug-likeness (QED) is 0.797. The lowest BCUT2D eigenvalue weighted by Gasteiger charge is -2.26. The van der Waals surface area contributed by atoms with Gasteiger partial charge in [-0.05, 0) is 51.6 Å². The molecule has 2 rings (SSSR count). The van der Waals surface area contributed by atoms with Crippen LogP contribution in [-0.4, -0.2) is 26.6 Å². The Hall–Kier alpha value is -0.810. The Balaban J connectivity index is 2.32. The summed E-state index contributed by atoms with van der Waals surface area (Å²) in [5.74, 6) is 0.229. The zero-order chi connectivity index (χ0) is 14.4. The number of ether oxygens (including phenoxy) is 1. The van der Waals surface area contributed by atoms with E-state index in [0.29, 0.717) is 4.88 Å². The summed E-state index contributed by atoms with van der Waals surface area (Å²) in [5.41, 5.74) is 0.133. The smallest absolute Gasteiger partial charge is 0.182 e. The van der Waals surface area contributed by atoms with Crippen molar-refractivity contribution in [3.8, 4) is 0 Å². The average Bonchev–Trinajstić information content (AvgIpc) is 2.78. The van der Waals surface area contributed by atoms with Crippen molar-refractivity contribution in [1.82, 2.24) is 9.59 Å². The minimum Gasteiger partial charge on any atom is -0.369 e. The van der Waals surface area contributed by atoms with E-state index in [-0.39, 0.29) is 23.2 Å². The SMILES string of the molecule is CC(C)c1nnsc1C(=O)C1CC(C)(C)OC1(C)C. The maximum atomic E-state index is 12.8. The minimum absolute atomic E-state index is 0.123. The molecule has 0 amide bonds. The number of nitrogens with zero attached hydrogens (tertiary/aromatic N) is 2. The molecule has 1 unspecified atom stereocenters. The first kappa shape index (κ1) is 14.6. The van der Waals surface area contributed by atoms with E-state index in [4.69, 9.17) is 4.74 Å². The molecule has 0 saturated carbocycles. The minimum atomic E-state index is -0.432. The van der Waals surface area contributed by atoms with Crippen LogP contribution in [0.2, 0.25) is 0 Å². The van der Waals surface area contributed by atoms with Gasteiger partial charge in [-0.25, -0.2) is 0 Å². The van der Waals surface area contributed by atoms with Crippen LogP contribution < -0.4 is 0 Å². The summed E-state index contributed by atoms with van der Waals surface area (Å²) in [6, 6.07) is 0. The van der Waals surface area contributed by atoms with Gasteiger partial charge in [-0.2, -0.15) is 0 Å². The fourth-order valence-electron chi connectivity index (χ4n) is 2.88. The molecule has 1 aliphatic rings. The second-order valence-electron chi connectivity index (χ2n) is 6.73. The number of hydrogen-bond donors (Lipinski definition) is 0. The number of Topliss-reactive ketones (excluding diaryl/α,β-unsaturated/α-hetero) is 1. The van der Waals surface area contributed by atoms with Gasteiger partial charge in [-0.15, -0.1) is 5.10 Å². The van der Waals surface area contributed by atoms with Gasteiger partial charge in [-0.3, -0.25) is 4.79 Å². The van der Waals surface area contributed by atoms with Crippen LogP contribution >= 0.6 is 11.5 Å². The van der Waals surface area contributed by atoms with E-state index in [1.807, 2.05) is 41.5 Å². The highest BCUT2D eigenvalue weighted by Gasteiger charge is 2.50. The standard InChI is InChI=1S/C14H22N2O2S/c1-8(2)10-12(19-16-15-10)11(17)9-7-13(3,4)18-14(9,5)6/h8-9H,7H2,1-6H3. The number of carbonyl (C=O) groups is 1. The van der Waals surface area contributed by atoms with Crippen LogP contribution in [0.3, 0.4) is 0 Å². The Kier molecular flexibility index (Phi) is 3.56. The van der Waals surface area contributed by atoms with E-state index in [1.165, 1.54) is 11.5 Å². The Morgan fingerprint density at radius 3 is 2.47 bits per heavy atom. The molecule has 1 aromatic rings. The molecular weight excluding hydrogens is 260 g/mol. The lowest BCUT2D eigenvalue weighted by Crippen LogP contribution is -2.34. The van der Waals surface area contributed by atoms with Crippen molar-refractivity contribution in [2.75, 3.05) is 0 Å². The van der Waals surface area contributed by atoms with Gasteiger partial charge in [0.15, 0.2) is 5.78 Å². The predicted molar refractivity (Wildman–Crippen MR) is 75.7 cm³/mol. The summed E-state index contributed by atoms with van der Waals surface area (Å²) < 4.78 is 9.96. The highest BCUT2D eigenvalue weighted by atomic mass is 32.1. The first-order valence-corrected chi connectivity index (χ1v) is 7.48. The Morgan fingerprint density at radius 1 is 1.37 bits per heavy atom. The summed E-state index contributed by atoms with van der Waals surface area (Å²) >= 11 is 1.21. The summed E-state index contributed by atoms with van der Waals surface area (Å²) in [7, 11) is 0. The van der Waals surface area contributed by atoms with Crippen molar-refractivity contribution in [1.29, 1.82) is 0 Å². The highest BCUT2D eigenvalue weighted by Crippen LogP contribution is 2.44. The van der Waals surface area contributed by atoms with Crippen molar-refractivity contribution >= 4 is 17.3 Å². The molecule has 0 N–H and O–H groups in total. The second kappa shape index (κ2) is 4.63. The van der Waals surface area contributed by atoms with Crippen molar-refractivity contribution in [3.05, 3.63) is 10.6 Å². The maximum Gasteiger partial charge on any atom is 0.182 e. The number of aromatic nitrogens is 2. The van der Waals surface area contributed by atoms with Gasteiger partial charge >= 0.3 is 0 Å². The Morgan fingerprint density at radius 2 is 2.00 bits per heavy atom. The van der Waals surface area contributed by atoms with Gasteiger partial charge < -0.3 is 4.74 Å². The summed E-state index contributed by atoms with van der Waals surface area (Å²) in [6.45, 7) is 12.1. The number of carbonyl (C=O) groups excluding carboxylic acids is 1. The molecule has 1 aliphatic heterocycles. The molecule has 2 heterocycles. The van der Waals surface area contributed by atoms with Gasteiger partial charge in [0.25, 0.3) is 0 Å². The van der Waals surface area contributed by atoms with Gasteiger partial charge in [0.1, 0.15) is 4.88 Å². The van der Waals surface area contributed by atoms with E-state index < -0.39 is 5.60 Å². The molecule has 0 aliphatic carbocycles. The third kappa shape index (κ3) is 2.72. The van der Waals surface area contributed by atoms with Crippen LogP contribution in [0.5, 0.6) is 0 Å². The molecule has 0 spiro atoms. The molecule has 19 heavy (non-hydrogen) atoms. The molecule has 5 heteroatoms. The lowest BCUT2D eigenvalue weighted by molar-refractivity contribution is -0.0712. The zero-order valence-corrected chi connectivity index (χ0v) is 13.3. The van der Waals surface area contributed by atoms with Gasteiger partial charge in [-0.1, -0.05) is 18.3 Å². The fourth-order valence-corrected chi connectivity index (χ4v) is 3.69. The first-order valence-electron chi connectivity index (χ1n) is 6.71. The fraction of sp³-hybridized carbons (Fsp3) is 0.786. The van der Waals surface area contributed by atoms with Crippen LogP contribution in [0.1, 0.15) is 69.2 Å². The predicted octanol–water partition coefficient (Wildman–Crippen LogP) is 3.44. The molecule has 106 valence electrons. The molecule has 0 aromatic carbocycles. The molecular formula is C14H22N2O2S. The molecule has 1 aromatic heterocycles. The third-order valence-electron chi connectivity index (χ3n) is 3.67. The van der Waals surface area contributed by atoms with Crippen LogP contribution in [-0.2, 0) is 4.74 Å². The second-order valence-corrected chi connectivity index (χ2v) is 7.48. The zero-order valence-electron chi connectivity index (χ0n) is 12.5. The van der Waals surface area contributed by atoms with E-state index >= 15 is 0 Å². The highest BCUT2D eigenvalue weighted by molar-refractivity contribution is 7.08. The summed E-state index contributed by atoms with van der Waals surface area (Å²) in [6.07, 6.45) is 0.744. The van der Waals surface area contributed by atoms with Gasteiger partial charge in [0.2, 0.25) is 0 Å². The van der Waals surface area contributed by atoms with E-state index in [1.54, 1.807) is 0 Å². The van der Waals surface area contributed by atoms with Crippen LogP contribution in [0.4, 0.5) is 0 Å². The average molecular weight is 282 g/mol. The van der Waals surface area contributed by atoms with Crippen molar-refractivity contribution in [2.45, 2.75) is 65.1 Å². The molecule has 1 atom stereocenters. The van der Waals surface area contributed by atoms with Crippen LogP contribution in [0, 0.1) is 5.92 Å². The van der Waals surface area contributed by atoms with Crippen molar-refractivity contribution in [3.63, 3.8) is 0 Å². The van der Waals surface area contributed by atoms with E-state index in [9.17, 15) is 4.79 Å². The third-order valence-corrected chi connectivity index (χ3v) is 4.43. The molecule has 1 fully saturated rings. The Labute approximate surface area is 118 Å². The monoisotopic (exact) mass is 282 g/mol. The molecule has 0 bridgehead atoms. The molecule has 1 saturated heterocycles.